The number of hydrogen-bond donors (Lipinski definition) is 1. The summed E-state index contributed by atoms with van der Waals surface area (Å²) in [6.07, 6.45) is 7.22. The van der Waals surface area contributed by atoms with Crippen LogP contribution in [0.3, 0.4) is 0 Å². The molecule has 2 heteroatoms. The third-order valence-corrected chi connectivity index (χ3v) is 3.94. The fraction of sp³-hybridized carbons (Fsp3) is 1.00. The molecule has 0 radical (unpaired) electrons. The average Bonchev–Trinajstić information content (AvgIpc) is 2.56. The lowest BCUT2D eigenvalue weighted by molar-refractivity contribution is 0.243. The molecule has 2 fully saturated rings. The quantitative estimate of drug-likeness (QED) is 0.722. The van der Waals surface area contributed by atoms with Crippen molar-refractivity contribution >= 4 is 0 Å². The van der Waals surface area contributed by atoms with Crippen molar-refractivity contribution in [3.05, 3.63) is 0 Å². The number of nitrogens with one attached hydrogen (secondary N) is 1. The van der Waals surface area contributed by atoms with E-state index in [1.807, 2.05) is 0 Å². The van der Waals surface area contributed by atoms with Crippen molar-refractivity contribution in [2.75, 3.05) is 26.2 Å². The molecular formula is C12H24N2. The molecule has 2 rings (SSSR count). The number of hydrogen-bond acceptors (Lipinski definition) is 2. The van der Waals surface area contributed by atoms with Gasteiger partial charge in [-0.2, -0.15) is 0 Å². The predicted molar refractivity (Wildman–Crippen MR) is 60.5 cm³/mol. The molecule has 1 aliphatic carbocycles. The van der Waals surface area contributed by atoms with Gasteiger partial charge in [-0.3, -0.25) is 4.90 Å². The molecule has 1 atom stereocenters. The Bertz CT molecular complexity index is 166. The van der Waals surface area contributed by atoms with Gasteiger partial charge in [-0.25, -0.2) is 0 Å². The largest absolute Gasteiger partial charge is 0.315 e. The van der Waals surface area contributed by atoms with Crippen LogP contribution in [0.5, 0.6) is 0 Å². The van der Waals surface area contributed by atoms with Gasteiger partial charge in [0.2, 0.25) is 0 Å². The molecule has 1 N–H and O–H groups in total. The van der Waals surface area contributed by atoms with Crippen LogP contribution in [0.25, 0.3) is 0 Å². The van der Waals surface area contributed by atoms with E-state index < -0.39 is 0 Å². The smallest absolute Gasteiger partial charge is 0.0220 e. The van der Waals surface area contributed by atoms with Crippen LogP contribution in [-0.4, -0.2) is 37.1 Å². The first-order valence-electron chi connectivity index (χ1n) is 6.35. The lowest BCUT2D eigenvalue weighted by atomic mass is 9.85. The van der Waals surface area contributed by atoms with E-state index in [0.717, 1.165) is 12.0 Å². The lowest BCUT2D eigenvalue weighted by Crippen LogP contribution is -2.40. The van der Waals surface area contributed by atoms with Gasteiger partial charge >= 0.3 is 0 Å². The first kappa shape index (κ1) is 10.4. The summed E-state index contributed by atoms with van der Waals surface area (Å²) in [4.78, 5) is 2.62. The van der Waals surface area contributed by atoms with E-state index in [1.54, 1.807) is 0 Å². The van der Waals surface area contributed by atoms with Crippen molar-refractivity contribution in [2.24, 2.45) is 5.92 Å². The van der Waals surface area contributed by atoms with E-state index in [9.17, 15) is 0 Å². The van der Waals surface area contributed by atoms with Crippen LogP contribution >= 0.6 is 0 Å². The van der Waals surface area contributed by atoms with Gasteiger partial charge in [0.05, 0.1) is 0 Å². The summed E-state index contributed by atoms with van der Waals surface area (Å²) in [6.45, 7) is 7.34. The normalized spacial score (nSPS) is 29.4. The topological polar surface area (TPSA) is 15.3 Å². The van der Waals surface area contributed by atoms with E-state index >= 15 is 0 Å². The highest BCUT2D eigenvalue weighted by Gasteiger charge is 2.23. The van der Waals surface area contributed by atoms with Crippen LogP contribution < -0.4 is 5.32 Å². The Balaban J connectivity index is 1.59. The van der Waals surface area contributed by atoms with Gasteiger partial charge in [0.1, 0.15) is 0 Å². The monoisotopic (exact) mass is 196 g/mol. The predicted octanol–water partition coefficient (Wildman–Crippen LogP) is 1.86. The molecule has 0 bridgehead atoms. The van der Waals surface area contributed by atoms with Crippen LogP contribution in [-0.2, 0) is 0 Å². The minimum atomic E-state index is 0.833. The summed E-state index contributed by atoms with van der Waals surface area (Å²) < 4.78 is 0. The van der Waals surface area contributed by atoms with Gasteiger partial charge in [0, 0.05) is 12.6 Å². The maximum absolute atomic E-state index is 3.65. The summed E-state index contributed by atoms with van der Waals surface area (Å²) in [7, 11) is 0. The molecule has 1 heterocycles. The summed E-state index contributed by atoms with van der Waals surface area (Å²) >= 11 is 0. The van der Waals surface area contributed by atoms with Gasteiger partial charge < -0.3 is 5.32 Å². The van der Waals surface area contributed by atoms with Crippen molar-refractivity contribution in [1.82, 2.24) is 10.2 Å². The highest BCUT2D eigenvalue weighted by atomic mass is 15.2. The van der Waals surface area contributed by atoms with Gasteiger partial charge in [0.15, 0.2) is 0 Å². The number of likely N-dealkylation sites (N-methyl/N-ethyl adjacent to an activating group) is 1. The third-order valence-electron chi connectivity index (χ3n) is 3.94. The zero-order valence-electron chi connectivity index (χ0n) is 9.47. The Hall–Kier alpha value is -0.0800. The molecule has 0 spiro atoms. The standard InChI is InChI=1S/C12H24N2/c1-2-14-8-4-7-12(14)10-13-9-11-5-3-6-11/h11-13H,2-10H2,1H3. The van der Waals surface area contributed by atoms with E-state index in [1.165, 1.54) is 58.3 Å². The molecule has 1 saturated carbocycles. The van der Waals surface area contributed by atoms with E-state index in [0.29, 0.717) is 0 Å². The van der Waals surface area contributed by atoms with E-state index in [-0.39, 0.29) is 0 Å². The summed E-state index contributed by atoms with van der Waals surface area (Å²) in [5.74, 6) is 1.01. The molecule has 0 aromatic heterocycles. The number of likely N-dealkylation sites (tertiary alicyclic amines) is 1. The molecule has 1 aliphatic heterocycles. The molecule has 82 valence electrons. The molecule has 2 aliphatic rings. The highest BCUT2D eigenvalue weighted by molar-refractivity contribution is 4.81. The second kappa shape index (κ2) is 5.13. The van der Waals surface area contributed by atoms with Crippen LogP contribution in [0.2, 0.25) is 0 Å². The molecule has 0 aromatic rings. The fourth-order valence-electron chi connectivity index (χ4n) is 2.69. The Morgan fingerprint density at radius 2 is 2.00 bits per heavy atom. The molecule has 0 amide bonds. The van der Waals surface area contributed by atoms with Gasteiger partial charge in [-0.15, -0.1) is 0 Å². The van der Waals surface area contributed by atoms with Gasteiger partial charge in [0.25, 0.3) is 0 Å². The van der Waals surface area contributed by atoms with Gasteiger partial charge in [-0.1, -0.05) is 13.3 Å². The van der Waals surface area contributed by atoms with Crippen molar-refractivity contribution < 1.29 is 0 Å². The second-order valence-corrected chi connectivity index (χ2v) is 4.88. The van der Waals surface area contributed by atoms with Gasteiger partial charge in [-0.05, 0) is 51.2 Å². The maximum atomic E-state index is 3.65. The van der Waals surface area contributed by atoms with E-state index in [4.69, 9.17) is 0 Å². The summed E-state index contributed by atoms with van der Waals surface area (Å²) in [5, 5.41) is 3.65. The molecular weight excluding hydrogens is 172 g/mol. The Morgan fingerprint density at radius 1 is 1.14 bits per heavy atom. The zero-order chi connectivity index (χ0) is 9.80. The minimum Gasteiger partial charge on any atom is -0.315 e. The first-order chi connectivity index (χ1) is 6.90. The number of rotatable bonds is 5. The van der Waals surface area contributed by atoms with Crippen molar-refractivity contribution in [3.63, 3.8) is 0 Å². The third kappa shape index (κ3) is 2.48. The number of nitrogens with zero attached hydrogens (tertiary/aromatic N) is 1. The highest BCUT2D eigenvalue weighted by Crippen LogP contribution is 2.25. The first-order valence-corrected chi connectivity index (χ1v) is 6.35. The fourth-order valence-corrected chi connectivity index (χ4v) is 2.69. The second-order valence-electron chi connectivity index (χ2n) is 4.88. The summed E-state index contributed by atoms with van der Waals surface area (Å²) in [6, 6.07) is 0.833. The molecule has 2 nitrogen and oxygen atoms in total. The van der Waals surface area contributed by atoms with Crippen LogP contribution in [0, 0.1) is 5.92 Å². The maximum Gasteiger partial charge on any atom is 0.0220 e. The minimum absolute atomic E-state index is 0.833. The molecule has 1 unspecified atom stereocenters. The molecule has 1 saturated heterocycles. The Morgan fingerprint density at radius 3 is 2.64 bits per heavy atom. The summed E-state index contributed by atoms with van der Waals surface area (Å²) in [5.41, 5.74) is 0. The molecule has 14 heavy (non-hydrogen) atoms. The van der Waals surface area contributed by atoms with Crippen LogP contribution in [0.1, 0.15) is 39.0 Å². The van der Waals surface area contributed by atoms with Crippen LogP contribution in [0.15, 0.2) is 0 Å². The SMILES string of the molecule is CCN1CCCC1CNCC1CCC1. The molecule has 0 aromatic carbocycles. The van der Waals surface area contributed by atoms with Crippen molar-refractivity contribution in [3.8, 4) is 0 Å². The lowest BCUT2D eigenvalue weighted by Gasteiger charge is -2.28. The van der Waals surface area contributed by atoms with Crippen LogP contribution in [0.4, 0.5) is 0 Å². The van der Waals surface area contributed by atoms with Crippen molar-refractivity contribution in [2.45, 2.75) is 45.1 Å². The van der Waals surface area contributed by atoms with Crippen molar-refractivity contribution in [1.29, 1.82) is 0 Å². The zero-order valence-corrected chi connectivity index (χ0v) is 9.47. The van der Waals surface area contributed by atoms with E-state index in [2.05, 4.69) is 17.1 Å². The Labute approximate surface area is 88.1 Å². The average molecular weight is 196 g/mol. The Kier molecular flexibility index (Phi) is 3.82.